The van der Waals surface area contributed by atoms with E-state index in [1.807, 2.05) is 29.2 Å². The molecule has 1 aliphatic rings. The zero-order chi connectivity index (χ0) is 19.4. The van der Waals surface area contributed by atoms with Gasteiger partial charge in [0.25, 0.3) is 5.91 Å². The number of carbonyl (C=O) groups is 2. The second kappa shape index (κ2) is 8.18. The fourth-order valence-electron chi connectivity index (χ4n) is 3.20. The van der Waals surface area contributed by atoms with Crippen molar-refractivity contribution >= 4 is 17.7 Å². The molecular weight excluding hydrogens is 344 g/mol. The summed E-state index contributed by atoms with van der Waals surface area (Å²) >= 11 is 0. The Hall–Kier alpha value is -2.93. The summed E-state index contributed by atoms with van der Waals surface area (Å²) in [4.78, 5) is 33.5. The lowest BCUT2D eigenvalue weighted by molar-refractivity contribution is 0.0696. The Morgan fingerprint density at radius 1 is 1.07 bits per heavy atom. The van der Waals surface area contributed by atoms with Crippen LogP contribution < -0.4 is 4.90 Å². The molecule has 3 rings (SSSR count). The van der Waals surface area contributed by atoms with E-state index in [0.29, 0.717) is 11.4 Å². The standard InChI is InChI=1S/C20H24N4O3/c1-22(2)19(25)16-7-5-15(6-8-16)14-23-10-12-24(13-11-23)18-17(20(26)27)4-3-9-21-18/h3-9H,10-14H2,1-2H3,(H,26,27). The zero-order valence-corrected chi connectivity index (χ0v) is 15.6. The average molecular weight is 368 g/mol. The van der Waals surface area contributed by atoms with Gasteiger partial charge < -0.3 is 14.9 Å². The van der Waals surface area contributed by atoms with Gasteiger partial charge in [-0.3, -0.25) is 9.69 Å². The molecule has 0 atom stereocenters. The van der Waals surface area contributed by atoms with E-state index >= 15 is 0 Å². The lowest BCUT2D eigenvalue weighted by atomic mass is 10.1. The van der Waals surface area contributed by atoms with Gasteiger partial charge in [0.2, 0.25) is 0 Å². The van der Waals surface area contributed by atoms with Crippen LogP contribution in [0.25, 0.3) is 0 Å². The van der Waals surface area contributed by atoms with E-state index < -0.39 is 5.97 Å². The minimum absolute atomic E-state index is 0.000222. The minimum Gasteiger partial charge on any atom is -0.478 e. The first-order valence-corrected chi connectivity index (χ1v) is 8.92. The van der Waals surface area contributed by atoms with Gasteiger partial charge in [0.1, 0.15) is 11.4 Å². The number of aromatic nitrogens is 1. The van der Waals surface area contributed by atoms with Gasteiger partial charge in [-0.05, 0) is 29.8 Å². The third kappa shape index (κ3) is 4.43. The number of benzene rings is 1. The Bertz CT molecular complexity index is 812. The van der Waals surface area contributed by atoms with Crippen molar-refractivity contribution in [3.8, 4) is 0 Å². The first-order valence-electron chi connectivity index (χ1n) is 8.92. The van der Waals surface area contributed by atoms with Crippen molar-refractivity contribution in [1.82, 2.24) is 14.8 Å². The van der Waals surface area contributed by atoms with E-state index in [-0.39, 0.29) is 11.5 Å². The van der Waals surface area contributed by atoms with Crippen LogP contribution in [-0.4, -0.2) is 72.0 Å². The van der Waals surface area contributed by atoms with Crippen molar-refractivity contribution in [3.63, 3.8) is 0 Å². The van der Waals surface area contributed by atoms with Crippen molar-refractivity contribution in [2.24, 2.45) is 0 Å². The molecule has 0 saturated carbocycles. The van der Waals surface area contributed by atoms with Crippen LogP contribution in [-0.2, 0) is 6.54 Å². The number of piperazine rings is 1. The van der Waals surface area contributed by atoms with Crippen molar-refractivity contribution in [2.75, 3.05) is 45.2 Å². The molecule has 0 unspecified atom stereocenters. The summed E-state index contributed by atoms with van der Waals surface area (Å²) in [6.45, 7) is 3.92. The molecule has 142 valence electrons. The molecule has 1 fully saturated rings. The monoisotopic (exact) mass is 368 g/mol. The number of carbonyl (C=O) groups excluding carboxylic acids is 1. The molecule has 0 spiro atoms. The quantitative estimate of drug-likeness (QED) is 0.867. The Balaban J connectivity index is 1.59. The van der Waals surface area contributed by atoms with Gasteiger partial charge in [-0.2, -0.15) is 0 Å². The van der Waals surface area contributed by atoms with Crippen molar-refractivity contribution in [1.29, 1.82) is 0 Å². The Labute approximate surface area is 158 Å². The third-order valence-electron chi connectivity index (χ3n) is 4.70. The highest BCUT2D eigenvalue weighted by Crippen LogP contribution is 2.20. The summed E-state index contributed by atoms with van der Waals surface area (Å²) in [5.41, 5.74) is 2.08. The number of carboxylic acids is 1. The summed E-state index contributed by atoms with van der Waals surface area (Å²) in [7, 11) is 3.49. The zero-order valence-electron chi connectivity index (χ0n) is 15.6. The predicted molar refractivity (Wildman–Crippen MR) is 103 cm³/mol. The van der Waals surface area contributed by atoms with Crippen LogP contribution in [0.3, 0.4) is 0 Å². The van der Waals surface area contributed by atoms with Crippen LogP contribution in [0.1, 0.15) is 26.3 Å². The number of hydrogen-bond donors (Lipinski definition) is 1. The molecule has 2 aromatic rings. The summed E-state index contributed by atoms with van der Waals surface area (Å²) in [5, 5.41) is 9.33. The molecule has 0 radical (unpaired) electrons. The lowest BCUT2D eigenvalue weighted by Gasteiger charge is -2.35. The molecule has 7 heteroatoms. The molecule has 1 aromatic carbocycles. The van der Waals surface area contributed by atoms with E-state index in [1.54, 1.807) is 37.3 Å². The fourth-order valence-corrected chi connectivity index (χ4v) is 3.20. The maximum atomic E-state index is 12.0. The van der Waals surface area contributed by atoms with Gasteiger partial charge in [-0.25, -0.2) is 9.78 Å². The molecule has 1 amide bonds. The highest BCUT2D eigenvalue weighted by Gasteiger charge is 2.22. The SMILES string of the molecule is CN(C)C(=O)c1ccc(CN2CCN(c3ncccc3C(=O)O)CC2)cc1. The van der Waals surface area contributed by atoms with Crippen molar-refractivity contribution < 1.29 is 14.7 Å². The maximum Gasteiger partial charge on any atom is 0.339 e. The van der Waals surface area contributed by atoms with Crippen LogP contribution in [0.5, 0.6) is 0 Å². The molecular formula is C20H24N4O3. The summed E-state index contributed by atoms with van der Waals surface area (Å²) in [6.07, 6.45) is 1.63. The van der Waals surface area contributed by atoms with Gasteiger partial charge in [-0.1, -0.05) is 12.1 Å². The largest absolute Gasteiger partial charge is 0.478 e. The molecule has 27 heavy (non-hydrogen) atoms. The Morgan fingerprint density at radius 3 is 2.33 bits per heavy atom. The number of rotatable bonds is 5. The highest BCUT2D eigenvalue weighted by atomic mass is 16.4. The fraction of sp³-hybridized carbons (Fsp3) is 0.350. The summed E-state index contributed by atoms with van der Waals surface area (Å²) in [5.74, 6) is -0.413. The second-order valence-electron chi connectivity index (χ2n) is 6.84. The number of nitrogens with zero attached hydrogens (tertiary/aromatic N) is 4. The molecule has 7 nitrogen and oxygen atoms in total. The second-order valence-corrected chi connectivity index (χ2v) is 6.84. The third-order valence-corrected chi connectivity index (χ3v) is 4.70. The molecule has 2 heterocycles. The predicted octanol–water partition coefficient (Wildman–Crippen LogP) is 1.80. The highest BCUT2D eigenvalue weighted by molar-refractivity contribution is 5.94. The Morgan fingerprint density at radius 2 is 1.74 bits per heavy atom. The smallest absolute Gasteiger partial charge is 0.339 e. The maximum absolute atomic E-state index is 12.0. The van der Waals surface area contributed by atoms with Gasteiger partial charge in [0.05, 0.1) is 0 Å². The van der Waals surface area contributed by atoms with E-state index in [1.165, 1.54) is 0 Å². The van der Waals surface area contributed by atoms with Crippen LogP contribution in [0.2, 0.25) is 0 Å². The molecule has 0 bridgehead atoms. The van der Waals surface area contributed by atoms with Gasteiger partial charge in [0, 0.05) is 58.6 Å². The van der Waals surface area contributed by atoms with Gasteiger partial charge >= 0.3 is 5.97 Å². The molecule has 1 saturated heterocycles. The summed E-state index contributed by atoms with van der Waals surface area (Å²) < 4.78 is 0. The van der Waals surface area contributed by atoms with Crippen molar-refractivity contribution in [3.05, 3.63) is 59.3 Å². The van der Waals surface area contributed by atoms with Crippen LogP contribution in [0, 0.1) is 0 Å². The van der Waals surface area contributed by atoms with Crippen LogP contribution in [0.4, 0.5) is 5.82 Å². The Kier molecular flexibility index (Phi) is 5.71. The van der Waals surface area contributed by atoms with Gasteiger partial charge in [-0.15, -0.1) is 0 Å². The number of aromatic carboxylic acids is 1. The molecule has 1 N–H and O–H groups in total. The molecule has 0 aliphatic carbocycles. The van der Waals surface area contributed by atoms with E-state index in [2.05, 4.69) is 9.88 Å². The van der Waals surface area contributed by atoms with E-state index in [4.69, 9.17) is 0 Å². The van der Waals surface area contributed by atoms with Crippen molar-refractivity contribution in [2.45, 2.75) is 6.54 Å². The number of pyridine rings is 1. The summed E-state index contributed by atoms with van der Waals surface area (Å²) in [6, 6.07) is 10.9. The average Bonchev–Trinajstić information content (AvgIpc) is 2.68. The number of hydrogen-bond acceptors (Lipinski definition) is 5. The van der Waals surface area contributed by atoms with E-state index in [0.717, 1.165) is 38.3 Å². The molecule has 1 aliphatic heterocycles. The molecule has 1 aromatic heterocycles. The van der Waals surface area contributed by atoms with Crippen LogP contribution >= 0.6 is 0 Å². The number of amides is 1. The van der Waals surface area contributed by atoms with Gasteiger partial charge in [0.15, 0.2) is 0 Å². The minimum atomic E-state index is -0.951. The van der Waals surface area contributed by atoms with E-state index in [9.17, 15) is 14.7 Å². The topological polar surface area (TPSA) is 77.0 Å². The number of carboxylic acid groups (broad SMARTS) is 1. The first kappa shape index (κ1) is 18.8. The number of anilines is 1. The van der Waals surface area contributed by atoms with Crippen LogP contribution in [0.15, 0.2) is 42.6 Å². The first-order chi connectivity index (χ1) is 13.0. The lowest BCUT2D eigenvalue weighted by Crippen LogP contribution is -2.46. The normalized spacial score (nSPS) is 14.8.